The molecule has 11 rings (SSSR count). The molecule has 0 unspecified atom stereocenters. The van der Waals surface area contributed by atoms with Crippen molar-refractivity contribution in [2.45, 2.75) is 0 Å². The summed E-state index contributed by atoms with van der Waals surface area (Å²) in [6, 6.07) is 50.3. The second-order valence-electron chi connectivity index (χ2n) is 12.2. The van der Waals surface area contributed by atoms with Crippen molar-refractivity contribution < 1.29 is 4.42 Å². The Morgan fingerprint density at radius 1 is 0.457 bits per heavy atom. The largest absolute Gasteiger partial charge is 0.455 e. The van der Waals surface area contributed by atoms with Crippen molar-refractivity contribution in [3.05, 3.63) is 140 Å². The van der Waals surface area contributed by atoms with E-state index in [0.29, 0.717) is 0 Å². The Labute approximate surface area is 267 Å². The first-order valence-corrected chi connectivity index (χ1v) is 16.4. The normalized spacial score (nSPS) is 12.3. The third-order valence-corrected chi connectivity index (χ3v) is 11.0. The van der Waals surface area contributed by atoms with Crippen LogP contribution in [0.5, 0.6) is 0 Å². The highest BCUT2D eigenvalue weighted by Gasteiger charge is 2.29. The lowest BCUT2D eigenvalue weighted by Crippen LogP contribution is -1.87. The molecule has 0 atom stereocenters. The quantitative estimate of drug-likeness (QED) is 0.184. The number of para-hydroxylation sites is 1. The predicted molar refractivity (Wildman–Crippen MR) is 195 cm³/mol. The van der Waals surface area contributed by atoms with Crippen LogP contribution in [-0.2, 0) is 0 Å². The molecule has 1 aliphatic carbocycles. The lowest BCUT2D eigenvalue weighted by atomic mass is 9.89. The van der Waals surface area contributed by atoms with E-state index in [1.54, 1.807) is 11.3 Å². The maximum Gasteiger partial charge on any atom is 0.144 e. The molecule has 212 valence electrons. The molecule has 2 nitrogen and oxygen atoms in total. The Hall–Kier alpha value is -5.77. The second kappa shape index (κ2) is 8.91. The van der Waals surface area contributed by atoms with Crippen LogP contribution in [0, 0.1) is 0 Å². The average Bonchev–Trinajstić information content (AvgIpc) is 3.82. The summed E-state index contributed by atoms with van der Waals surface area (Å²) in [6.45, 7) is 0. The van der Waals surface area contributed by atoms with Gasteiger partial charge in [-0.2, -0.15) is 0 Å². The van der Waals surface area contributed by atoms with Crippen LogP contribution in [0.1, 0.15) is 0 Å². The molecular weight excluding hydrogens is 579 g/mol. The molecule has 1 aliphatic rings. The van der Waals surface area contributed by atoms with Crippen LogP contribution in [0.25, 0.3) is 108 Å². The molecule has 0 fully saturated rings. The van der Waals surface area contributed by atoms with Crippen molar-refractivity contribution in [3.63, 3.8) is 0 Å². The van der Waals surface area contributed by atoms with Crippen LogP contribution in [-0.4, -0.2) is 4.98 Å². The Bertz CT molecular complexity index is 2910. The topological polar surface area (TPSA) is 26.0 Å². The number of hydrogen-bond acceptors (Lipinski definition) is 3. The van der Waals surface area contributed by atoms with Crippen LogP contribution in [0.2, 0.25) is 0 Å². The third-order valence-electron chi connectivity index (χ3n) is 9.83. The molecule has 0 amide bonds. The number of hydrogen-bond donors (Lipinski definition) is 0. The number of fused-ring (bicyclic) bond motifs is 12. The Morgan fingerprint density at radius 3 is 2.07 bits per heavy atom. The summed E-state index contributed by atoms with van der Waals surface area (Å²) in [6.07, 6.45) is 0. The van der Waals surface area contributed by atoms with Gasteiger partial charge in [0.15, 0.2) is 0 Å². The number of aromatic nitrogens is 1. The summed E-state index contributed by atoms with van der Waals surface area (Å²) in [4.78, 5) is 5.13. The maximum atomic E-state index is 6.72. The molecule has 8 aromatic carbocycles. The zero-order chi connectivity index (χ0) is 29.9. The molecule has 46 heavy (non-hydrogen) atoms. The summed E-state index contributed by atoms with van der Waals surface area (Å²) >= 11 is 1.78. The fourth-order valence-corrected chi connectivity index (χ4v) is 8.98. The molecule has 0 aliphatic heterocycles. The van der Waals surface area contributed by atoms with Gasteiger partial charge in [-0.25, -0.2) is 4.98 Å². The van der Waals surface area contributed by atoms with E-state index in [1.807, 2.05) is 0 Å². The first-order chi connectivity index (χ1) is 22.8. The van der Waals surface area contributed by atoms with Crippen molar-refractivity contribution in [2.24, 2.45) is 0 Å². The lowest BCUT2D eigenvalue weighted by molar-refractivity contribution is 0.670. The highest BCUT2D eigenvalue weighted by atomic mass is 32.1. The van der Waals surface area contributed by atoms with Crippen LogP contribution in [0.4, 0.5) is 0 Å². The predicted octanol–water partition coefficient (Wildman–Crippen LogP) is 12.6. The maximum absolute atomic E-state index is 6.72. The van der Waals surface area contributed by atoms with Crippen molar-refractivity contribution in [1.29, 1.82) is 0 Å². The van der Waals surface area contributed by atoms with Crippen LogP contribution in [0.15, 0.2) is 144 Å². The van der Waals surface area contributed by atoms with E-state index in [1.165, 1.54) is 75.8 Å². The van der Waals surface area contributed by atoms with Crippen LogP contribution in [0.3, 0.4) is 0 Å². The molecule has 2 aromatic heterocycles. The first kappa shape index (κ1) is 24.5. The van der Waals surface area contributed by atoms with Gasteiger partial charge in [0.25, 0.3) is 0 Å². The van der Waals surface area contributed by atoms with Crippen LogP contribution < -0.4 is 0 Å². The lowest BCUT2D eigenvalue weighted by Gasteiger charge is -2.13. The van der Waals surface area contributed by atoms with Gasteiger partial charge in [0, 0.05) is 38.2 Å². The van der Waals surface area contributed by atoms with Gasteiger partial charge in [-0.3, -0.25) is 0 Å². The molecule has 0 saturated carbocycles. The molecule has 3 heteroatoms. The first-order valence-electron chi connectivity index (χ1n) is 15.6. The smallest absolute Gasteiger partial charge is 0.144 e. The number of furan rings is 1. The second-order valence-corrected chi connectivity index (χ2v) is 13.2. The summed E-state index contributed by atoms with van der Waals surface area (Å²) < 4.78 is 7.96. The van der Waals surface area contributed by atoms with E-state index < -0.39 is 0 Å². The summed E-state index contributed by atoms with van der Waals surface area (Å²) in [5.41, 5.74) is 11.5. The summed E-state index contributed by atoms with van der Waals surface area (Å²) in [5, 5.41) is 11.0. The highest BCUT2D eigenvalue weighted by Crippen LogP contribution is 2.55. The summed E-state index contributed by atoms with van der Waals surface area (Å²) in [7, 11) is 0. The van der Waals surface area contributed by atoms with E-state index >= 15 is 0 Å². The number of benzene rings is 8. The molecule has 0 bridgehead atoms. The van der Waals surface area contributed by atoms with E-state index in [4.69, 9.17) is 9.40 Å². The van der Waals surface area contributed by atoms with Crippen molar-refractivity contribution in [1.82, 2.24) is 4.98 Å². The molecule has 2 heterocycles. The van der Waals surface area contributed by atoms with Gasteiger partial charge in [-0.15, -0.1) is 11.3 Å². The highest BCUT2D eigenvalue weighted by molar-refractivity contribution is 7.22. The van der Waals surface area contributed by atoms with Crippen LogP contribution >= 0.6 is 11.3 Å². The minimum atomic E-state index is 0.919. The van der Waals surface area contributed by atoms with E-state index in [2.05, 4.69) is 140 Å². The van der Waals surface area contributed by atoms with E-state index in [9.17, 15) is 0 Å². The van der Waals surface area contributed by atoms with Gasteiger partial charge in [-0.1, -0.05) is 127 Å². The van der Waals surface area contributed by atoms with Crippen molar-refractivity contribution in [2.75, 3.05) is 0 Å². The molecule has 0 radical (unpaired) electrons. The molecule has 10 aromatic rings. The number of thiazole rings is 1. The number of rotatable bonds is 2. The zero-order valence-corrected chi connectivity index (χ0v) is 25.4. The summed E-state index contributed by atoms with van der Waals surface area (Å²) in [5.74, 6) is 0. The molecule has 0 saturated heterocycles. The minimum absolute atomic E-state index is 0.919. The average molecular weight is 602 g/mol. The standard InChI is InChI=1S/C43H23NOS/c1-2-9-28-24(8-1)16-17-26-22-23-34-42(37(26)28)46-43(44-34)27-20-18-25(19-21-27)36-33-14-7-13-30-29-10-3-4-11-31(29)39(38(30)33)41-40(36)32-12-5-6-15-35(32)45-41/h1-23H. The number of nitrogens with zero attached hydrogens (tertiary/aromatic N) is 1. The van der Waals surface area contributed by atoms with Gasteiger partial charge in [-0.05, 0) is 55.9 Å². The Kier molecular flexibility index (Phi) is 4.75. The molecule has 0 N–H and O–H groups in total. The van der Waals surface area contributed by atoms with E-state index in [0.717, 1.165) is 32.6 Å². The fourth-order valence-electron chi connectivity index (χ4n) is 7.84. The molecular formula is C43H23NOS. The SMILES string of the molecule is c1ccc2c(c1)-c1cccc3c(-c4ccc(-c5nc6ccc7ccc8ccccc8c7c6s5)cc4)c4c(oc5ccccc54)c-2c13. The minimum Gasteiger partial charge on any atom is -0.455 e. The van der Waals surface area contributed by atoms with E-state index in [-0.39, 0.29) is 0 Å². The monoisotopic (exact) mass is 601 g/mol. The zero-order valence-electron chi connectivity index (χ0n) is 24.5. The third kappa shape index (κ3) is 3.17. The van der Waals surface area contributed by atoms with Gasteiger partial charge in [0.2, 0.25) is 0 Å². The van der Waals surface area contributed by atoms with Gasteiger partial charge in [0.1, 0.15) is 16.2 Å². The van der Waals surface area contributed by atoms with Gasteiger partial charge < -0.3 is 4.42 Å². The van der Waals surface area contributed by atoms with Gasteiger partial charge >= 0.3 is 0 Å². The molecule has 0 spiro atoms. The fraction of sp³-hybridized carbons (Fsp3) is 0. The van der Waals surface area contributed by atoms with Gasteiger partial charge in [0.05, 0.1) is 10.2 Å². The van der Waals surface area contributed by atoms with Crippen molar-refractivity contribution in [3.8, 4) is 44.0 Å². The van der Waals surface area contributed by atoms with Crippen molar-refractivity contribution >= 4 is 75.8 Å². The Morgan fingerprint density at radius 2 is 1.15 bits per heavy atom. The Balaban J connectivity index is 1.15.